The first-order chi connectivity index (χ1) is 9.58. The van der Waals surface area contributed by atoms with Gasteiger partial charge >= 0.3 is 0 Å². The SMILES string of the molecule is CCCn1nc(-c2cccc([N+](=O)[O-])c2)c(C=O)c1N. The number of anilines is 1. The number of aryl methyl sites for hydroxylation is 1. The smallest absolute Gasteiger partial charge is 0.270 e. The zero-order valence-electron chi connectivity index (χ0n) is 10.9. The molecule has 2 rings (SSSR count). The summed E-state index contributed by atoms with van der Waals surface area (Å²) in [5, 5.41) is 15.1. The summed E-state index contributed by atoms with van der Waals surface area (Å²) >= 11 is 0. The first-order valence-corrected chi connectivity index (χ1v) is 6.14. The fourth-order valence-electron chi connectivity index (χ4n) is 1.97. The number of rotatable bonds is 5. The van der Waals surface area contributed by atoms with Gasteiger partial charge in [-0.3, -0.25) is 14.9 Å². The van der Waals surface area contributed by atoms with Crippen LogP contribution in [0.1, 0.15) is 23.7 Å². The van der Waals surface area contributed by atoms with E-state index in [0.717, 1.165) is 6.42 Å². The number of nitro benzene ring substituents is 1. The van der Waals surface area contributed by atoms with E-state index < -0.39 is 4.92 Å². The van der Waals surface area contributed by atoms with E-state index in [0.29, 0.717) is 24.1 Å². The van der Waals surface area contributed by atoms with Crippen LogP contribution in [-0.2, 0) is 6.54 Å². The first kappa shape index (κ1) is 13.7. The van der Waals surface area contributed by atoms with Crippen molar-refractivity contribution in [1.82, 2.24) is 9.78 Å². The summed E-state index contributed by atoms with van der Waals surface area (Å²) in [4.78, 5) is 21.5. The Morgan fingerprint density at radius 2 is 2.25 bits per heavy atom. The molecule has 0 amide bonds. The highest BCUT2D eigenvalue weighted by molar-refractivity contribution is 5.91. The summed E-state index contributed by atoms with van der Waals surface area (Å²) in [5.41, 5.74) is 6.95. The number of hydrogen-bond donors (Lipinski definition) is 1. The molecule has 1 aromatic carbocycles. The van der Waals surface area contributed by atoms with E-state index in [-0.39, 0.29) is 17.1 Å². The van der Waals surface area contributed by atoms with Gasteiger partial charge in [0.15, 0.2) is 6.29 Å². The standard InChI is InChI=1S/C13H14N4O3/c1-2-6-16-13(14)11(8-18)12(15-16)9-4-3-5-10(7-9)17(19)20/h3-5,7-8H,2,6,14H2,1H3. The third-order valence-electron chi connectivity index (χ3n) is 2.91. The van der Waals surface area contributed by atoms with E-state index in [4.69, 9.17) is 5.73 Å². The van der Waals surface area contributed by atoms with Gasteiger partial charge in [0, 0.05) is 24.2 Å². The van der Waals surface area contributed by atoms with Gasteiger partial charge in [-0.25, -0.2) is 4.68 Å². The van der Waals surface area contributed by atoms with Crippen LogP contribution in [0.25, 0.3) is 11.3 Å². The van der Waals surface area contributed by atoms with Gasteiger partial charge in [0.2, 0.25) is 0 Å². The lowest BCUT2D eigenvalue weighted by Crippen LogP contribution is -2.04. The molecule has 1 aromatic heterocycles. The predicted molar refractivity (Wildman–Crippen MR) is 74.4 cm³/mol. The van der Waals surface area contributed by atoms with Crippen molar-refractivity contribution >= 4 is 17.8 Å². The van der Waals surface area contributed by atoms with Crippen molar-refractivity contribution in [3.63, 3.8) is 0 Å². The Kier molecular flexibility index (Phi) is 3.79. The number of benzene rings is 1. The molecule has 0 unspecified atom stereocenters. The summed E-state index contributed by atoms with van der Waals surface area (Å²) in [7, 11) is 0. The summed E-state index contributed by atoms with van der Waals surface area (Å²) < 4.78 is 1.54. The maximum Gasteiger partial charge on any atom is 0.270 e. The van der Waals surface area contributed by atoms with Crippen molar-refractivity contribution in [2.45, 2.75) is 19.9 Å². The average molecular weight is 274 g/mol. The van der Waals surface area contributed by atoms with E-state index in [1.165, 1.54) is 16.8 Å². The van der Waals surface area contributed by atoms with Crippen LogP contribution in [0.5, 0.6) is 0 Å². The number of hydrogen-bond acceptors (Lipinski definition) is 5. The Bertz CT molecular complexity index is 664. The van der Waals surface area contributed by atoms with Crippen LogP contribution in [-0.4, -0.2) is 21.0 Å². The molecule has 0 aliphatic carbocycles. The fraction of sp³-hybridized carbons (Fsp3) is 0.231. The highest BCUT2D eigenvalue weighted by Crippen LogP contribution is 2.28. The Labute approximate surface area is 115 Å². The number of nitro groups is 1. The molecule has 0 aliphatic heterocycles. The Hall–Kier alpha value is -2.70. The largest absolute Gasteiger partial charge is 0.383 e. The second-order valence-corrected chi connectivity index (χ2v) is 4.30. The zero-order valence-corrected chi connectivity index (χ0v) is 10.9. The van der Waals surface area contributed by atoms with Crippen LogP contribution < -0.4 is 5.73 Å². The maximum absolute atomic E-state index is 11.2. The summed E-state index contributed by atoms with van der Waals surface area (Å²) in [6, 6.07) is 5.98. The van der Waals surface area contributed by atoms with E-state index in [1.807, 2.05) is 6.92 Å². The normalized spacial score (nSPS) is 10.4. The van der Waals surface area contributed by atoms with Crippen LogP contribution in [0.4, 0.5) is 11.5 Å². The van der Waals surface area contributed by atoms with Crippen LogP contribution in [0, 0.1) is 10.1 Å². The Morgan fingerprint density at radius 3 is 2.85 bits per heavy atom. The van der Waals surface area contributed by atoms with Crippen molar-refractivity contribution in [2.24, 2.45) is 0 Å². The quantitative estimate of drug-likeness (QED) is 0.511. The van der Waals surface area contributed by atoms with Gasteiger partial charge in [-0.15, -0.1) is 0 Å². The van der Waals surface area contributed by atoms with Gasteiger partial charge in [0.25, 0.3) is 5.69 Å². The summed E-state index contributed by atoms with van der Waals surface area (Å²) in [6.07, 6.45) is 1.45. The fourth-order valence-corrected chi connectivity index (χ4v) is 1.97. The third kappa shape index (κ3) is 2.37. The molecule has 1 heterocycles. The molecule has 0 bridgehead atoms. The van der Waals surface area contributed by atoms with Gasteiger partial charge in [-0.2, -0.15) is 5.10 Å². The Morgan fingerprint density at radius 1 is 1.50 bits per heavy atom. The van der Waals surface area contributed by atoms with Crippen molar-refractivity contribution in [3.05, 3.63) is 39.9 Å². The number of aldehydes is 1. The van der Waals surface area contributed by atoms with Gasteiger partial charge < -0.3 is 5.73 Å². The van der Waals surface area contributed by atoms with Crippen LogP contribution >= 0.6 is 0 Å². The van der Waals surface area contributed by atoms with Crippen LogP contribution in [0.2, 0.25) is 0 Å². The number of carbonyl (C=O) groups is 1. The molecule has 7 heteroatoms. The first-order valence-electron chi connectivity index (χ1n) is 6.14. The van der Waals surface area contributed by atoms with Crippen molar-refractivity contribution in [3.8, 4) is 11.3 Å². The monoisotopic (exact) mass is 274 g/mol. The molecular weight excluding hydrogens is 260 g/mol. The average Bonchev–Trinajstić information content (AvgIpc) is 2.76. The molecule has 2 aromatic rings. The van der Waals surface area contributed by atoms with Crippen molar-refractivity contribution in [2.75, 3.05) is 5.73 Å². The molecule has 0 saturated carbocycles. The number of nitrogens with two attached hydrogens (primary N) is 1. The minimum Gasteiger partial charge on any atom is -0.383 e. The van der Waals surface area contributed by atoms with Crippen LogP contribution in [0.3, 0.4) is 0 Å². The second-order valence-electron chi connectivity index (χ2n) is 4.30. The molecule has 0 spiro atoms. The minimum atomic E-state index is -0.490. The van der Waals surface area contributed by atoms with Gasteiger partial charge in [0.1, 0.15) is 11.5 Å². The molecule has 7 nitrogen and oxygen atoms in total. The highest BCUT2D eigenvalue weighted by Gasteiger charge is 2.18. The van der Waals surface area contributed by atoms with E-state index in [9.17, 15) is 14.9 Å². The van der Waals surface area contributed by atoms with Gasteiger partial charge in [-0.05, 0) is 6.42 Å². The highest BCUT2D eigenvalue weighted by atomic mass is 16.6. The summed E-state index contributed by atoms with van der Waals surface area (Å²) in [6.45, 7) is 2.55. The Balaban J connectivity index is 2.57. The van der Waals surface area contributed by atoms with Gasteiger partial charge in [-0.1, -0.05) is 19.1 Å². The number of nitrogen functional groups attached to an aromatic ring is 1. The molecule has 0 atom stereocenters. The lowest BCUT2D eigenvalue weighted by molar-refractivity contribution is -0.384. The van der Waals surface area contributed by atoms with E-state index >= 15 is 0 Å². The number of carbonyl (C=O) groups excluding carboxylic acids is 1. The molecule has 2 N–H and O–H groups in total. The number of aromatic nitrogens is 2. The van der Waals surface area contributed by atoms with E-state index in [1.54, 1.807) is 12.1 Å². The van der Waals surface area contributed by atoms with Gasteiger partial charge in [0.05, 0.1) is 10.5 Å². The van der Waals surface area contributed by atoms with Crippen molar-refractivity contribution in [1.29, 1.82) is 0 Å². The molecular formula is C13H14N4O3. The van der Waals surface area contributed by atoms with E-state index in [2.05, 4.69) is 5.10 Å². The summed E-state index contributed by atoms with van der Waals surface area (Å²) in [5.74, 6) is 0.281. The van der Waals surface area contributed by atoms with Crippen LogP contribution in [0.15, 0.2) is 24.3 Å². The predicted octanol–water partition coefficient (Wildman–Crippen LogP) is 2.26. The molecule has 0 aliphatic rings. The lowest BCUT2D eigenvalue weighted by Gasteiger charge is -1.99. The maximum atomic E-state index is 11.2. The molecule has 0 saturated heterocycles. The number of nitrogens with zero attached hydrogens (tertiary/aromatic N) is 3. The topological polar surface area (TPSA) is 104 Å². The lowest BCUT2D eigenvalue weighted by atomic mass is 10.1. The molecule has 20 heavy (non-hydrogen) atoms. The minimum absolute atomic E-state index is 0.0528. The zero-order chi connectivity index (χ0) is 14.7. The molecule has 104 valence electrons. The molecule has 0 fully saturated rings. The van der Waals surface area contributed by atoms with Crippen molar-refractivity contribution < 1.29 is 9.72 Å². The second kappa shape index (κ2) is 5.52. The molecule has 0 radical (unpaired) electrons. The number of non-ortho nitro benzene ring substituents is 1. The third-order valence-corrected chi connectivity index (χ3v) is 2.91.